The number of nitro benzene ring substituents is 1. The lowest BCUT2D eigenvalue weighted by Crippen LogP contribution is -2.08. The molecule has 8 nitrogen and oxygen atoms in total. The number of nitro groups is 1. The molecule has 1 N–H and O–H groups in total. The Bertz CT molecular complexity index is 611. The third kappa shape index (κ3) is 3.02. The zero-order chi connectivity index (χ0) is 14.5. The van der Waals surface area contributed by atoms with Crippen LogP contribution in [0, 0.1) is 10.1 Å². The van der Waals surface area contributed by atoms with Gasteiger partial charge in [-0.05, 0) is 12.1 Å². The van der Waals surface area contributed by atoms with Crippen LogP contribution in [-0.2, 0) is 13.5 Å². The van der Waals surface area contributed by atoms with Crippen molar-refractivity contribution < 1.29 is 9.66 Å². The van der Waals surface area contributed by atoms with Crippen molar-refractivity contribution in [3.63, 3.8) is 0 Å². The van der Waals surface area contributed by atoms with Gasteiger partial charge in [0.25, 0.3) is 0 Å². The predicted molar refractivity (Wildman–Crippen MR) is 72.8 cm³/mol. The number of ether oxygens (including phenoxy) is 1. The average molecular weight is 277 g/mol. The number of aryl methyl sites for hydroxylation is 1. The van der Waals surface area contributed by atoms with Gasteiger partial charge in [-0.15, -0.1) is 0 Å². The Morgan fingerprint density at radius 2 is 2.30 bits per heavy atom. The summed E-state index contributed by atoms with van der Waals surface area (Å²) in [7, 11) is 3.20. The predicted octanol–water partition coefficient (Wildman–Crippen LogP) is 1.39. The second-order valence-corrected chi connectivity index (χ2v) is 4.12. The smallest absolute Gasteiger partial charge is 0.333 e. The SMILES string of the molecule is COc1cccc(NCCc2ncn(C)n2)c1[N+](=O)[O-]. The van der Waals surface area contributed by atoms with Crippen molar-refractivity contribution in [3.05, 3.63) is 40.5 Å². The minimum absolute atomic E-state index is 0.0658. The van der Waals surface area contributed by atoms with E-state index in [0.29, 0.717) is 24.5 Å². The molecule has 0 spiro atoms. The molecule has 0 bridgehead atoms. The van der Waals surface area contributed by atoms with E-state index in [1.165, 1.54) is 7.11 Å². The van der Waals surface area contributed by atoms with Crippen LogP contribution >= 0.6 is 0 Å². The molecule has 0 aliphatic heterocycles. The number of hydrogen-bond donors (Lipinski definition) is 1. The van der Waals surface area contributed by atoms with Crippen molar-refractivity contribution in [2.45, 2.75) is 6.42 Å². The van der Waals surface area contributed by atoms with Gasteiger partial charge in [0.05, 0.1) is 12.0 Å². The average Bonchev–Trinajstić information content (AvgIpc) is 2.83. The first-order chi connectivity index (χ1) is 9.61. The monoisotopic (exact) mass is 277 g/mol. The first kappa shape index (κ1) is 13.8. The van der Waals surface area contributed by atoms with Gasteiger partial charge in [0.1, 0.15) is 12.0 Å². The van der Waals surface area contributed by atoms with Crippen molar-refractivity contribution in [1.82, 2.24) is 14.8 Å². The summed E-state index contributed by atoms with van der Waals surface area (Å²) in [6.45, 7) is 0.498. The fourth-order valence-electron chi connectivity index (χ4n) is 1.83. The fourth-order valence-corrected chi connectivity index (χ4v) is 1.83. The molecule has 20 heavy (non-hydrogen) atoms. The molecule has 8 heteroatoms. The molecular weight excluding hydrogens is 262 g/mol. The number of methoxy groups -OCH3 is 1. The van der Waals surface area contributed by atoms with Crippen molar-refractivity contribution in [2.75, 3.05) is 19.0 Å². The van der Waals surface area contributed by atoms with Crippen LogP contribution in [0.1, 0.15) is 5.82 Å². The van der Waals surface area contributed by atoms with Gasteiger partial charge < -0.3 is 10.1 Å². The molecule has 106 valence electrons. The van der Waals surface area contributed by atoms with Gasteiger partial charge >= 0.3 is 5.69 Å². The quantitative estimate of drug-likeness (QED) is 0.633. The Kier molecular flexibility index (Phi) is 4.14. The first-order valence-corrected chi connectivity index (χ1v) is 6.01. The van der Waals surface area contributed by atoms with Crippen LogP contribution in [0.3, 0.4) is 0 Å². The van der Waals surface area contributed by atoms with Gasteiger partial charge in [-0.25, -0.2) is 4.98 Å². The number of nitrogens with one attached hydrogen (secondary N) is 1. The Morgan fingerprint density at radius 1 is 1.50 bits per heavy atom. The van der Waals surface area contributed by atoms with Crippen LogP contribution in [0.5, 0.6) is 5.75 Å². The summed E-state index contributed by atoms with van der Waals surface area (Å²) in [4.78, 5) is 14.7. The summed E-state index contributed by atoms with van der Waals surface area (Å²) >= 11 is 0. The molecule has 0 aliphatic carbocycles. The van der Waals surface area contributed by atoms with E-state index in [9.17, 15) is 10.1 Å². The highest BCUT2D eigenvalue weighted by molar-refractivity contribution is 5.68. The van der Waals surface area contributed by atoms with E-state index in [4.69, 9.17) is 4.74 Å². The molecule has 0 radical (unpaired) electrons. The zero-order valence-electron chi connectivity index (χ0n) is 11.2. The van der Waals surface area contributed by atoms with Crippen LogP contribution in [0.25, 0.3) is 0 Å². The molecule has 2 aromatic rings. The second kappa shape index (κ2) is 6.00. The Morgan fingerprint density at radius 3 is 2.90 bits per heavy atom. The number of nitrogens with zero attached hydrogens (tertiary/aromatic N) is 4. The molecule has 1 heterocycles. The number of para-hydroxylation sites is 1. The summed E-state index contributed by atoms with van der Waals surface area (Å²) in [6.07, 6.45) is 2.19. The van der Waals surface area contributed by atoms with E-state index in [2.05, 4.69) is 15.4 Å². The topological polar surface area (TPSA) is 95.1 Å². The van der Waals surface area contributed by atoms with E-state index in [1.54, 1.807) is 36.3 Å². The third-order valence-corrected chi connectivity index (χ3v) is 2.71. The van der Waals surface area contributed by atoms with E-state index in [-0.39, 0.29) is 11.4 Å². The van der Waals surface area contributed by atoms with Crippen LogP contribution in [0.2, 0.25) is 0 Å². The highest BCUT2D eigenvalue weighted by Crippen LogP contribution is 2.34. The largest absolute Gasteiger partial charge is 0.490 e. The lowest BCUT2D eigenvalue weighted by atomic mass is 10.2. The second-order valence-electron chi connectivity index (χ2n) is 4.12. The summed E-state index contributed by atoms with van der Waals surface area (Å²) in [5.41, 5.74) is 0.356. The maximum atomic E-state index is 11.1. The highest BCUT2D eigenvalue weighted by Gasteiger charge is 2.20. The normalized spacial score (nSPS) is 10.3. The molecular formula is C12H15N5O3. The molecule has 0 atom stereocenters. The van der Waals surface area contributed by atoms with Crippen molar-refractivity contribution in [2.24, 2.45) is 7.05 Å². The maximum Gasteiger partial charge on any atom is 0.333 e. The molecule has 2 rings (SSSR count). The molecule has 0 aliphatic rings. The van der Waals surface area contributed by atoms with Gasteiger partial charge in [-0.3, -0.25) is 14.8 Å². The van der Waals surface area contributed by atoms with Gasteiger partial charge in [-0.2, -0.15) is 5.10 Å². The van der Waals surface area contributed by atoms with E-state index >= 15 is 0 Å². The Hall–Kier alpha value is -2.64. The van der Waals surface area contributed by atoms with Crippen LogP contribution in [0.4, 0.5) is 11.4 Å². The number of aromatic nitrogens is 3. The molecule has 0 unspecified atom stereocenters. The molecule has 1 aromatic heterocycles. The molecule has 0 amide bonds. The van der Waals surface area contributed by atoms with Gasteiger partial charge in [0.2, 0.25) is 0 Å². The number of hydrogen-bond acceptors (Lipinski definition) is 6. The molecule has 0 saturated carbocycles. The zero-order valence-corrected chi connectivity index (χ0v) is 11.2. The highest BCUT2D eigenvalue weighted by atomic mass is 16.6. The summed E-state index contributed by atoms with van der Waals surface area (Å²) in [5.74, 6) is 0.918. The lowest BCUT2D eigenvalue weighted by Gasteiger charge is -2.08. The minimum atomic E-state index is -0.458. The Labute approximate surface area is 115 Å². The minimum Gasteiger partial charge on any atom is -0.490 e. The molecule has 0 fully saturated rings. The van der Waals surface area contributed by atoms with Crippen LogP contribution < -0.4 is 10.1 Å². The number of anilines is 1. The van der Waals surface area contributed by atoms with Gasteiger partial charge in [-0.1, -0.05) is 6.07 Å². The van der Waals surface area contributed by atoms with E-state index < -0.39 is 4.92 Å². The van der Waals surface area contributed by atoms with Crippen molar-refractivity contribution in [1.29, 1.82) is 0 Å². The number of rotatable bonds is 6. The van der Waals surface area contributed by atoms with Crippen LogP contribution in [-0.4, -0.2) is 33.3 Å². The Balaban J connectivity index is 2.07. The van der Waals surface area contributed by atoms with Crippen molar-refractivity contribution in [3.8, 4) is 5.75 Å². The molecule has 1 aromatic carbocycles. The standard InChI is InChI=1S/C12H15N5O3/c1-16-8-14-11(15-16)6-7-13-9-4-3-5-10(20-2)12(9)17(18)19/h3-5,8,13H,6-7H2,1-2H3. The van der Waals surface area contributed by atoms with E-state index in [1.807, 2.05) is 0 Å². The lowest BCUT2D eigenvalue weighted by molar-refractivity contribution is -0.384. The summed E-state index contributed by atoms with van der Waals surface area (Å²) < 4.78 is 6.62. The fraction of sp³-hybridized carbons (Fsp3) is 0.333. The summed E-state index contributed by atoms with van der Waals surface area (Å²) in [6, 6.07) is 4.91. The summed E-state index contributed by atoms with van der Waals surface area (Å²) in [5, 5.41) is 18.3. The van der Waals surface area contributed by atoms with Gasteiger partial charge in [0, 0.05) is 20.0 Å². The first-order valence-electron chi connectivity index (χ1n) is 6.01. The van der Waals surface area contributed by atoms with Crippen molar-refractivity contribution >= 4 is 11.4 Å². The maximum absolute atomic E-state index is 11.1. The van der Waals surface area contributed by atoms with Gasteiger partial charge in [0.15, 0.2) is 11.6 Å². The third-order valence-electron chi connectivity index (χ3n) is 2.71. The number of benzene rings is 1. The van der Waals surface area contributed by atoms with E-state index in [0.717, 1.165) is 0 Å². The van der Waals surface area contributed by atoms with Crippen LogP contribution in [0.15, 0.2) is 24.5 Å². The molecule has 0 saturated heterocycles.